The van der Waals surface area contributed by atoms with Gasteiger partial charge >= 0.3 is 0 Å². The molecule has 0 fully saturated rings. The molecule has 0 radical (unpaired) electrons. The van der Waals surface area contributed by atoms with Crippen LogP contribution in [0.2, 0.25) is 0 Å². The molecule has 0 amide bonds. The van der Waals surface area contributed by atoms with Gasteiger partial charge in [-0.3, -0.25) is 4.90 Å². The minimum Gasteiger partial charge on any atom is -0.504 e. The zero-order valence-electron chi connectivity index (χ0n) is 10.6. The van der Waals surface area contributed by atoms with Gasteiger partial charge in [0.25, 0.3) is 0 Å². The molecule has 2 N–H and O–H groups in total. The predicted molar refractivity (Wildman–Crippen MR) is 75.5 cm³/mol. The fourth-order valence-electron chi connectivity index (χ4n) is 1.71. The molecule has 1 aromatic carbocycles. The molecule has 0 spiro atoms. The Labute approximate surface area is 113 Å². The van der Waals surface area contributed by atoms with Crippen LogP contribution in [-0.4, -0.2) is 34.7 Å². The lowest BCUT2D eigenvalue weighted by Crippen LogP contribution is -2.27. The lowest BCUT2D eigenvalue weighted by atomic mass is 10.0. The molecule has 1 rings (SSSR count). The van der Waals surface area contributed by atoms with Gasteiger partial charge in [0.05, 0.1) is 13.1 Å². The minimum absolute atomic E-state index is 0.186. The van der Waals surface area contributed by atoms with Crippen molar-refractivity contribution in [1.29, 1.82) is 0 Å². The predicted octanol–water partition coefficient (Wildman–Crippen LogP) is 1.19. The number of nitrogens with zero attached hydrogens (tertiary/aromatic N) is 1. The zero-order valence-corrected chi connectivity index (χ0v) is 10.6. The van der Waals surface area contributed by atoms with Crippen molar-refractivity contribution in [2.45, 2.75) is 6.42 Å². The number of benzene rings is 1. The number of hydrogen-bond acceptors (Lipinski definition) is 3. The van der Waals surface area contributed by atoms with Gasteiger partial charge in [0.2, 0.25) is 0 Å². The maximum Gasteiger partial charge on any atom is 0.158 e. The first-order valence-electron chi connectivity index (χ1n) is 5.73. The summed E-state index contributed by atoms with van der Waals surface area (Å²) in [7, 11) is 0. The summed E-state index contributed by atoms with van der Waals surface area (Å²) >= 11 is 0. The summed E-state index contributed by atoms with van der Waals surface area (Å²) in [5, 5.41) is 18.9. The topological polar surface area (TPSA) is 43.7 Å². The fraction of sp³-hybridized carbons (Fsp3) is 0.250. The summed E-state index contributed by atoms with van der Waals surface area (Å²) in [6, 6.07) is 2.84. The van der Waals surface area contributed by atoms with E-state index < -0.39 is 0 Å². The average molecular weight is 253 g/mol. The molecule has 0 aliphatic heterocycles. The van der Waals surface area contributed by atoms with E-state index in [0.29, 0.717) is 31.6 Å². The van der Waals surface area contributed by atoms with Crippen LogP contribution >= 0.6 is 0 Å². The Hall–Kier alpha value is -2.54. The van der Waals surface area contributed by atoms with Gasteiger partial charge in [0.15, 0.2) is 11.5 Å². The molecule has 0 aromatic heterocycles. The van der Waals surface area contributed by atoms with Crippen molar-refractivity contribution in [3.63, 3.8) is 0 Å². The molecule has 0 saturated heterocycles. The molecule has 0 aliphatic carbocycles. The lowest BCUT2D eigenvalue weighted by molar-refractivity contribution is 0.349. The maximum absolute atomic E-state index is 9.50. The second kappa shape index (κ2) is 7.02. The Balaban J connectivity index is 2.83. The maximum atomic E-state index is 9.50. The van der Waals surface area contributed by atoms with Crippen molar-refractivity contribution in [3.8, 4) is 48.5 Å². The van der Waals surface area contributed by atoms with Crippen molar-refractivity contribution in [1.82, 2.24) is 4.90 Å². The number of phenols is 2. The SMILES string of the molecule is C#CCN(CC#C)CCc1cc(O)c(O)cc1C#C. The molecule has 0 aliphatic rings. The highest BCUT2D eigenvalue weighted by atomic mass is 16.3. The van der Waals surface area contributed by atoms with Crippen molar-refractivity contribution >= 4 is 0 Å². The van der Waals surface area contributed by atoms with E-state index in [-0.39, 0.29) is 11.5 Å². The minimum atomic E-state index is -0.221. The number of aromatic hydroxyl groups is 2. The molecule has 0 atom stereocenters. The van der Waals surface area contributed by atoms with Crippen LogP contribution in [0.15, 0.2) is 12.1 Å². The normalized spacial score (nSPS) is 9.58. The first-order valence-corrected chi connectivity index (χ1v) is 5.73. The van der Waals surface area contributed by atoms with Gasteiger partial charge in [-0.15, -0.1) is 19.3 Å². The Morgan fingerprint density at radius 3 is 2.11 bits per heavy atom. The first kappa shape index (κ1) is 14.5. The van der Waals surface area contributed by atoms with E-state index in [2.05, 4.69) is 17.8 Å². The molecule has 0 heterocycles. The molecule has 0 unspecified atom stereocenters. The summed E-state index contributed by atoms with van der Waals surface area (Å²) in [5.74, 6) is 7.15. The highest BCUT2D eigenvalue weighted by molar-refractivity contribution is 5.51. The molecule has 0 saturated carbocycles. The lowest BCUT2D eigenvalue weighted by Gasteiger charge is -2.17. The average Bonchev–Trinajstić information content (AvgIpc) is 2.39. The van der Waals surface area contributed by atoms with E-state index in [1.807, 2.05) is 4.90 Å². The van der Waals surface area contributed by atoms with Crippen molar-refractivity contribution in [2.24, 2.45) is 0 Å². The Kier molecular flexibility index (Phi) is 5.36. The van der Waals surface area contributed by atoms with Gasteiger partial charge in [-0.25, -0.2) is 0 Å². The van der Waals surface area contributed by atoms with Gasteiger partial charge in [-0.1, -0.05) is 17.8 Å². The van der Waals surface area contributed by atoms with E-state index in [0.717, 1.165) is 5.56 Å². The Morgan fingerprint density at radius 1 is 1.00 bits per heavy atom. The molecule has 19 heavy (non-hydrogen) atoms. The third kappa shape index (κ3) is 4.00. The third-order valence-corrected chi connectivity index (χ3v) is 2.68. The monoisotopic (exact) mass is 253 g/mol. The summed E-state index contributed by atoms with van der Waals surface area (Å²) in [5.41, 5.74) is 1.33. The molecular weight excluding hydrogens is 238 g/mol. The van der Waals surface area contributed by atoms with Crippen LogP contribution in [0.5, 0.6) is 11.5 Å². The van der Waals surface area contributed by atoms with Crippen LogP contribution in [0, 0.1) is 37.0 Å². The number of phenolic OH excluding ortho intramolecular Hbond substituents is 2. The van der Waals surface area contributed by atoms with Crippen LogP contribution < -0.4 is 0 Å². The van der Waals surface area contributed by atoms with Gasteiger partial charge in [0.1, 0.15) is 0 Å². The summed E-state index contributed by atoms with van der Waals surface area (Å²) in [4.78, 5) is 1.92. The number of hydrogen-bond donors (Lipinski definition) is 2. The van der Waals surface area contributed by atoms with E-state index in [1.165, 1.54) is 12.1 Å². The largest absolute Gasteiger partial charge is 0.504 e. The standard InChI is InChI=1S/C16H15NO2/c1-4-8-17(9-5-2)10-7-14-12-16(19)15(18)11-13(14)6-3/h1-3,11-12,18-19H,7-10H2. The first-order chi connectivity index (χ1) is 9.12. The smallest absolute Gasteiger partial charge is 0.158 e. The highest BCUT2D eigenvalue weighted by Gasteiger charge is 2.09. The zero-order chi connectivity index (χ0) is 14.3. The van der Waals surface area contributed by atoms with E-state index in [1.54, 1.807) is 0 Å². The van der Waals surface area contributed by atoms with Crippen molar-refractivity contribution in [2.75, 3.05) is 19.6 Å². The second-order valence-corrected chi connectivity index (χ2v) is 4.01. The van der Waals surface area contributed by atoms with Crippen LogP contribution in [0.3, 0.4) is 0 Å². The van der Waals surface area contributed by atoms with Crippen molar-refractivity contribution < 1.29 is 10.2 Å². The van der Waals surface area contributed by atoms with Gasteiger partial charge < -0.3 is 10.2 Å². The molecule has 3 heteroatoms. The third-order valence-electron chi connectivity index (χ3n) is 2.68. The van der Waals surface area contributed by atoms with Gasteiger partial charge in [-0.05, 0) is 24.1 Å². The van der Waals surface area contributed by atoms with E-state index in [9.17, 15) is 10.2 Å². The quantitative estimate of drug-likeness (QED) is 0.612. The fourth-order valence-corrected chi connectivity index (χ4v) is 1.71. The summed E-state index contributed by atoms with van der Waals surface area (Å²) < 4.78 is 0. The molecule has 96 valence electrons. The molecular formula is C16H15NO2. The molecule has 1 aromatic rings. The number of terminal acetylenes is 3. The second-order valence-electron chi connectivity index (χ2n) is 4.01. The van der Waals surface area contributed by atoms with Crippen LogP contribution in [-0.2, 0) is 6.42 Å². The van der Waals surface area contributed by atoms with E-state index >= 15 is 0 Å². The van der Waals surface area contributed by atoms with E-state index in [4.69, 9.17) is 19.3 Å². The van der Waals surface area contributed by atoms with Crippen LogP contribution in [0.25, 0.3) is 0 Å². The Morgan fingerprint density at radius 2 is 1.58 bits per heavy atom. The highest BCUT2D eigenvalue weighted by Crippen LogP contribution is 2.28. The Bertz CT molecular complexity index is 554. The van der Waals surface area contributed by atoms with Crippen LogP contribution in [0.4, 0.5) is 0 Å². The van der Waals surface area contributed by atoms with Gasteiger partial charge in [-0.2, -0.15) is 0 Å². The van der Waals surface area contributed by atoms with Gasteiger partial charge in [0, 0.05) is 12.1 Å². The summed E-state index contributed by atoms with van der Waals surface area (Å²) in [6.45, 7) is 1.55. The molecule has 3 nitrogen and oxygen atoms in total. The summed E-state index contributed by atoms with van der Waals surface area (Å²) in [6.07, 6.45) is 16.5. The van der Waals surface area contributed by atoms with Crippen LogP contribution in [0.1, 0.15) is 11.1 Å². The van der Waals surface area contributed by atoms with Crippen molar-refractivity contribution in [3.05, 3.63) is 23.3 Å². The number of rotatable bonds is 5. The molecule has 0 bridgehead atoms.